The van der Waals surface area contributed by atoms with Crippen molar-refractivity contribution in [3.05, 3.63) is 69.9 Å². The standard InChI is InChI=1S/C20H22ClN3O2S/c1-3-12-23(13-16-10-11-17(21)27-16)14-24-18(25)20(4-2,22-19(24)26)15-8-6-5-7-9-15/h3,5-11H,1,4,12-14H2,2H3,(H,22,26)/p+1/t20-/m0/s1. The van der Waals surface area contributed by atoms with Gasteiger partial charge in [-0.3, -0.25) is 4.79 Å². The highest BCUT2D eigenvalue weighted by atomic mass is 35.5. The van der Waals surface area contributed by atoms with Gasteiger partial charge in [0.25, 0.3) is 5.91 Å². The van der Waals surface area contributed by atoms with E-state index in [2.05, 4.69) is 11.9 Å². The van der Waals surface area contributed by atoms with Crippen LogP contribution in [0.1, 0.15) is 23.8 Å². The van der Waals surface area contributed by atoms with Crippen LogP contribution in [-0.4, -0.2) is 30.1 Å². The Balaban J connectivity index is 1.81. The first-order chi connectivity index (χ1) is 13.0. The lowest BCUT2D eigenvalue weighted by Gasteiger charge is -2.26. The van der Waals surface area contributed by atoms with E-state index in [1.807, 2.05) is 49.4 Å². The SMILES string of the molecule is C=CC[NH+](Cc1ccc(Cl)s1)CN1C(=O)N[C@@](CC)(c2ccccc2)C1=O. The number of carbonyl (C=O) groups is 2. The number of thiophene rings is 1. The molecule has 1 aromatic carbocycles. The lowest BCUT2D eigenvalue weighted by Crippen LogP contribution is -3.12. The Labute approximate surface area is 168 Å². The van der Waals surface area contributed by atoms with Crippen molar-refractivity contribution in [3.63, 3.8) is 0 Å². The molecule has 2 atom stereocenters. The topological polar surface area (TPSA) is 53.9 Å². The van der Waals surface area contributed by atoms with Gasteiger partial charge in [-0.1, -0.05) is 55.4 Å². The van der Waals surface area contributed by atoms with Crippen LogP contribution in [0.4, 0.5) is 4.79 Å². The van der Waals surface area contributed by atoms with Crippen LogP contribution < -0.4 is 10.2 Å². The van der Waals surface area contributed by atoms with Gasteiger partial charge in [0.05, 0.1) is 15.8 Å². The second kappa shape index (κ2) is 8.25. The van der Waals surface area contributed by atoms with Gasteiger partial charge in [-0.2, -0.15) is 0 Å². The molecule has 5 nitrogen and oxygen atoms in total. The molecule has 1 saturated heterocycles. The Morgan fingerprint density at radius 1 is 1.26 bits per heavy atom. The summed E-state index contributed by atoms with van der Waals surface area (Å²) in [6.45, 7) is 7.30. The molecule has 0 saturated carbocycles. The van der Waals surface area contributed by atoms with E-state index in [4.69, 9.17) is 11.6 Å². The molecular weight excluding hydrogens is 382 g/mol. The number of benzene rings is 1. The van der Waals surface area contributed by atoms with Gasteiger partial charge in [0.15, 0.2) is 6.67 Å². The van der Waals surface area contributed by atoms with Crippen molar-refractivity contribution >= 4 is 34.9 Å². The van der Waals surface area contributed by atoms with Gasteiger partial charge in [-0.05, 0) is 30.2 Å². The number of hydrogen-bond donors (Lipinski definition) is 2. The third kappa shape index (κ3) is 3.93. The molecular formula is C20H23ClN3O2S+. The molecule has 0 aliphatic carbocycles. The van der Waals surface area contributed by atoms with Gasteiger partial charge in [0.2, 0.25) is 0 Å². The van der Waals surface area contributed by atoms with E-state index in [1.165, 1.54) is 16.2 Å². The number of imide groups is 1. The highest BCUT2D eigenvalue weighted by Gasteiger charge is 2.52. The maximum absolute atomic E-state index is 13.3. The number of halogens is 1. The summed E-state index contributed by atoms with van der Waals surface area (Å²) < 4.78 is 0.729. The molecule has 3 rings (SSSR count). The Morgan fingerprint density at radius 2 is 2.00 bits per heavy atom. The molecule has 0 spiro atoms. The number of nitrogens with zero attached hydrogens (tertiary/aromatic N) is 1. The van der Waals surface area contributed by atoms with Gasteiger partial charge in [-0.15, -0.1) is 11.3 Å². The normalized spacial score (nSPS) is 20.6. The van der Waals surface area contributed by atoms with Gasteiger partial charge >= 0.3 is 6.03 Å². The highest BCUT2D eigenvalue weighted by molar-refractivity contribution is 7.16. The van der Waals surface area contributed by atoms with Crippen molar-refractivity contribution in [2.75, 3.05) is 13.2 Å². The maximum atomic E-state index is 13.3. The van der Waals surface area contributed by atoms with Crippen molar-refractivity contribution in [3.8, 4) is 0 Å². The van der Waals surface area contributed by atoms with Crippen LogP contribution in [0.25, 0.3) is 0 Å². The highest BCUT2D eigenvalue weighted by Crippen LogP contribution is 2.31. The van der Waals surface area contributed by atoms with E-state index in [9.17, 15) is 9.59 Å². The molecule has 142 valence electrons. The monoisotopic (exact) mass is 404 g/mol. The summed E-state index contributed by atoms with van der Waals surface area (Å²) in [5.74, 6) is -0.202. The molecule has 0 bridgehead atoms. The Kier molecular flexibility index (Phi) is 5.99. The summed E-state index contributed by atoms with van der Waals surface area (Å²) in [5, 5.41) is 2.93. The molecule has 7 heteroatoms. The maximum Gasteiger partial charge on any atom is 0.329 e. The zero-order chi connectivity index (χ0) is 19.4. The Morgan fingerprint density at radius 3 is 2.59 bits per heavy atom. The molecule has 27 heavy (non-hydrogen) atoms. The lowest BCUT2D eigenvalue weighted by molar-refractivity contribution is -0.915. The minimum Gasteiger partial charge on any atom is -0.319 e. The van der Waals surface area contributed by atoms with Crippen LogP contribution in [0, 0.1) is 0 Å². The van der Waals surface area contributed by atoms with Crippen molar-refractivity contribution in [2.45, 2.75) is 25.4 Å². The third-order valence-corrected chi connectivity index (χ3v) is 6.07. The van der Waals surface area contributed by atoms with Crippen LogP contribution >= 0.6 is 22.9 Å². The summed E-state index contributed by atoms with van der Waals surface area (Å²) in [5.41, 5.74) is -0.187. The molecule has 2 heterocycles. The fraction of sp³-hybridized carbons (Fsp3) is 0.300. The van der Waals surface area contributed by atoms with Crippen LogP contribution in [0.15, 0.2) is 55.1 Å². The van der Waals surface area contributed by atoms with Gasteiger partial charge < -0.3 is 10.2 Å². The van der Waals surface area contributed by atoms with E-state index in [0.717, 1.165) is 19.7 Å². The van der Waals surface area contributed by atoms with Crippen LogP contribution in [0.3, 0.4) is 0 Å². The summed E-state index contributed by atoms with van der Waals surface area (Å²) in [6.07, 6.45) is 2.29. The molecule has 2 aromatic rings. The van der Waals surface area contributed by atoms with Crippen molar-refractivity contribution in [1.29, 1.82) is 0 Å². The number of amides is 3. The Bertz CT molecular complexity index is 839. The first kappa shape index (κ1) is 19.6. The smallest absolute Gasteiger partial charge is 0.319 e. The first-order valence-corrected chi connectivity index (χ1v) is 10.1. The number of urea groups is 1. The number of hydrogen-bond acceptors (Lipinski definition) is 3. The van der Waals surface area contributed by atoms with Crippen LogP contribution in [-0.2, 0) is 16.9 Å². The first-order valence-electron chi connectivity index (χ1n) is 8.88. The molecule has 1 aliphatic rings. The van der Waals surface area contributed by atoms with Crippen molar-refractivity contribution in [1.82, 2.24) is 10.2 Å². The van der Waals surface area contributed by atoms with E-state index in [-0.39, 0.29) is 18.6 Å². The second-order valence-electron chi connectivity index (χ2n) is 6.57. The average Bonchev–Trinajstić information content (AvgIpc) is 3.18. The summed E-state index contributed by atoms with van der Waals surface area (Å²) in [7, 11) is 0. The second-order valence-corrected chi connectivity index (χ2v) is 8.37. The average molecular weight is 405 g/mol. The van der Waals surface area contributed by atoms with E-state index >= 15 is 0 Å². The molecule has 1 fully saturated rings. The predicted octanol–water partition coefficient (Wildman–Crippen LogP) is 2.79. The fourth-order valence-corrected chi connectivity index (χ4v) is 4.60. The Hall–Kier alpha value is -2.15. The van der Waals surface area contributed by atoms with Crippen molar-refractivity contribution in [2.24, 2.45) is 0 Å². The number of nitrogens with one attached hydrogen (secondary N) is 2. The van der Waals surface area contributed by atoms with Gasteiger partial charge in [0.1, 0.15) is 12.1 Å². The lowest BCUT2D eigenvalue weighted by atomic mass is 9.87. The summed E-state index contributed by atoms with van der Waals surface area (Å²) in [6, 6.07) is 12.9. The molecule has 0 radical (unpaired) electrons. The number of rotatable bonds is 8. The van der Waals surface area contributed by atoms with Crippen LogP contribution in [0.2, 0.25) is 4.34 Å². The molecule has 1 aliphatic heterocycles. The van der Waals surface area contributed by atoms with E-state index in [1.54, 1.807) is 6.08 Å². The molecule has 1 aromatic heterocycles. The van der Waals surface area contributed by atoms with Crippen LogP contribution in [0.5, 0.6) is 0 Å². The fourth-order valence-electron chi connectivity index (χ4n) is 3.45. The third-order valence-electron chi connectivity index (χ3n) is 4.84. The summed E-state index contributed by atoms with van der Waals surface area (Å²) >= 11 is 7.53. The minimum atomic E-state index is -0.996. The zero-order valence-electron chi connectivity index (χ0n) is 15.2. The van der Waals surface area contributed by atoms with Gasteiger partial charge in [-0.25, -0.2) is 9.69 Å². The number of carbonyl (C=O) groups excluding carboxylic acids is 2. The molecule has 2 N–H and O–H groups in total. The van der Waals surface area contributed by atoms with Crippen molar-refractivity contribution < 1.29 is 14.5 Å². The predicted molar refractivity (Wildman–Crippen MR) is 108 cm³/mol. The quantitative estimate of drug-likeness (QED) is 0.525. The molecule has 3 amide bonds. The number of quaternary nitrogens is 1. The van der Waals surface area contributed by atoms with E-state index in [0.29, 0.717) is 19.5 Å². The van der Waals surface area contributed by atoms with E-state index < -0.39 is 5.54 Å². The minimum absolute atomic E-state index is 0.202. The largest absolute Gasteiger partial charge is 0.329 e. The summed E-state index contributed by atoms with van der Waals surface area (Å²) in [4.78, 5) is 29.4. The zero-order valence-corrected chi connectivity index (χ0v) is 16.8. The molecule has 1 unspecified atom stereocenters. The van der Waals surface area contributed by atoms with Gasteiger partial charge in [0, 0.05) is 0 Å².